The molecular weight excluding hydrogens is 230 g/mol. The lowest BCUT2D eigenvalue weighted by molar-refractivity contribution is 0.0563. The summed E-state index contributed by atoms with van der Waals surface area (Å²) in [6.45, 7) is 6.00. The van der Waals surface area contributed by atoms with Crippen LogP contribution in [0, 0.1) is 0 Å². The molecule has 96 valence electrons. The number of rotatable bonds is 0. The molecule has 0 atom stereocenters. The molecule has 1 aliphatic heterocycles. The van der Waals surface area contributed by atoms with Crippen molar-refractivity contribution in [3.05, 3.63) is 29.8 Å². The zero-order valence-corrected chi connectivity index (χ0v) is 10.8. The van der Waals surface area contributed by atoms with Crippen LogP contribution in [-0.4, -0.2) is 17.7 Å². The number of amides is 1. The Morgan fingerprint density at radius 3 is 2.83 bits per heavy atom. The largest absolute Gasteiger partial charge is 0.444 e. The van der Waals surface area contributed by atoms with Crippen molar-refractivity contribution in [3.8, 4) is 0 Å². The third-order valence-electron chi connectivity index (χ3n) is 2.30. The van der Waals surface area contributed by atoms with Gasteiger partial charge in [-0.25, -0.2) is 9.79 Å². The smallest absolute Gasteiger partial charge is 0.414 e. The van der Waals surface area contributed by atoms with E-state index in [0.717, 1.165) is 11.3 Å². The molecule has 0 aliphatic carbocycles. The van der Waals surface area contributed by atoms with Gasteiger partial charge in [0.15, 0.2) is 0 Å². The van der Waals surface area contributed by atoms with E-state index in [4.69, 9.17) is 4.74 Å². The van der Waals surface area contributed by atoms with Crippen LogP contribution in [0.2, 0.25) is 0 Å². The standard InChI is InChI=1S/C13H17N3O2/c1-13(2,3)18-12(17)16-11-14-8-9-6-4-5-7-10(9)15-11/h4-7H,8H2,1-3H3,(H2,14,15,16,17). The molecule has 1 aromatic rings. The lowest BCUT2D eigenvalue weighted by Gasteiger charge is -2.22. The Morgan fingerprint density at radius 2 is 2.11 bits per heavy atom. The normalized spacial score (nSPS) is 14.1. The molecule has 0 spiro atoms. The van der Waals surface area contributed by atoms with Crippen LogP contribution in [-0.2, 0) is 11.3 Å². The first-order valence-electron chi connectivity index (χ1n) is 5.83. The summed E-state index contributed by atoms with van der Waals surface area (Å²) in [4.78, 5) is 15.8. The third kappa shape index (κ3) is 3.23. The van der Waals surface area contributed by atoms with E-state index >= 15 is 0 Å². The molecule has 0 fully saturated rings. The van der Waals surface area contributed by atoms with Gasteiger partial charge in [0.1, 0.15) is 5.60 Å². The number of carbonyl (C=O) groups is 1. The average Bonchev–Trinajstić information content (AvgIpc) is 2.26. The summed E-state index contributed by atoms with van der Waals surface area (Å²) < 4.78 is 5.16. The fraction of sp³-hybridized carbons (Fsp3) is 0.385. The molecule has 5 nitrogen and oxygen atoms in total. The van der Waals surface area contributed by atoms with Gasteiger partial charge in [-0.3, -0.25) is 5.32 Å². The summed E-state index contributed by atoms with van der Waals surface area (Å²) in [6.07, 6.45) is -0.506. The number of hydrogen-bond donors (Lipinski definition) is 2. The van der Waals surface area contributed by atoms with E-state index < -0.39 is 11.7 Å². The molecule has 2 rings (SSSR count). The van der Waals surface area contributed by atoms with Crippen molar-refractivity contribution in [2.75, 3.05) is 5.32 Å². The Morgan fingerprint density at radius 1 is 1.39 bits per heavy atom. The molecule has 0 saturated heterocycles. The molecular formula is C13H17N3O2. The predicted molar refractivity (Wildman–Crippen MR) is 70.6 cm³/mol. The molecule has 1 heterocycles. The Kier molecular flexibility index (Phi) is 3.23. The van der Waals surface area contributed by atoms with E-state index in [-0.39, 0.29) is 0 Å². The van der Waals surface area contributed by atoms with Gasteiger partial charge in [-0.2, -0.15) is 0 Å². The van der Waals surface area contributed by atoms with Crippen LogP contribution in [0.5, 0.6) is 0 Å². The molecule has 18 heavy (non-hydrogen) atoms. The van der Waals surface area contributed by atoms with Crippen molar-refractivity contribution in [1.29, 1.82) is 0 Å². The van der Waals surface area contributed by atoms with Gasteiger partial charge in [0.25, 0.3) is 0 Å². The van der Waals surface area contributed by atoms with Crippen molar-refractivity contribution in [1.82, 2.24) is 5.32 Å². The van der Waals surface area contributed by atoms with Gasteiger partial charge in [-0.05, 0) is 32.4 Å². The molecule has 0 saturated carbocycles. The molecule has 1 amide bonds. The number of benzene rings is 1. The minimum atomic E-state index is -0.517. The maximum atomic E-state index is 11.6. The predicted octanol–water partition coefficient (Wildman–Crippen LogP) is 2.49. The van der Waals surface area contributed by atoms with E-state index in [0.29, 0.717) is 12.5 Å². The van der Waals surface area contributed by atoms with Gasteiger partial charge in [0.2, 0.25) is 5.96 Å². The lowest BCUT2D eigenvalue weighted by Crippen LogP contribution is -2.40. The molecule has 1 aliphatic rings. The van der Waals surface area contributed by atoms with Crippen LogP contribution < -0.4 is 10.6 Å². The number of carbonyl (C=O) groups excluding carboxylic acids is 1. The maximum absolute atomic E-state index is 11.6. The monoisotopic (exact) mass is 247 g/mol. The number of nitrogens with zero attached hydrogens (tertiary/aromatic N) is 1. The average molecular weight is 247 g/mol. The number of guanidine groups is 1. The van der Waals surface area contributed by atoms with Crippen LogP contribution in [0.1, 0.15) is 26.3 Å². The fourth-order valence-electron chi connectivity index (χ4n) is 1.58. The second kappa shape index (κ2) is 4.68. The van der Waals surface area contributed by atoms with Gasteiger partial charge in [0.05, 0.1) is 6.54 Å². The van der Waals surface area contributed by atoms with E-state index in [1.807, 2.05) is 45.0 Å². The van der Waals surface area contributed by atoms with Gasteiger partial charge >= 0.3 is 6.09 Å². The molecule has 0 unspecified atom stereocenters. The van der Waals surface area contributed by atoms with E-state index in [2.05, 4.69) is 15.6 Å². The highest BCUT2D eigenvalue weighted by molar-refractivity contribution is 6.03. The zero-order valence-electron chi connectivity index (χ0n) is 10.8. The Balaban J connectivity index is 1.97. The molecule has 0 bridgehead atoms. The summed E-state index contributed by atoms with van der Waals surface area (Å²) in [6, 6.07) is 7.83. The van der Waals surface area contributed by atoms with Crippen LogP contribution in [0.15, 0.2) is 29.3 Å². The highest BCUT2D eigenvalue weighted by Crippen LogP contribution is 2.19. The number of fused-ring (bicyclic) bond motifs is 1. The van der Waals surface area contributed by atoms with Crippen LogP contribution in [0.3, 0.4) is 0 Å². The first-order chi connectivity index (χ1) is 8.44. The van der Waals surface area contributed by atoms with Gasteiger partial charge in [-0.1, -0.05) is 18.2 Å². The Hall–Kier alpha value is -2.04. The molecule has 0 radical (unpaired) electrons. The maximum Gasteiger partial charge on any atom is 0.414 e. The van der Waals surface area contributed by atoms with E-state index in [9.17, 15) is 4.79 Å². The van der Waals surface area contributed by atoms with Crippen LogP contribution >= 0.6 is 0 Å². The minimum Gasteiger partial charge on any atom is -0.444 e. The van der Waals surface area contributed by atoms with Crippen LogP contribution in [0.4, 0.5) is 10.5 Å². The number of alkyl carbamates (subject to hydrolysis) is 1. The van der Waals surface area contributed by atoms with Crippen LogP contribution in [0.25, 0.3) is 0 Å². The SMILES string of the molecule is CC(C)(C)OC(=O)NC1=NCc2ccccc2N1. The lowest BCUT2D eigenvalue weighted by atomic mass is 10.1. The summed E-state index contributed by atoms with van der Waals surface area (Å²) >= 11 is 0. The Labute approximate surface area is 106 Å². The van der Waals surface area contributed by atoms with E-state index in [1.54, 1.807) is 0 Å². The molecule has 2 N–H and O–H groups in total. The zero-order chi connectivity index (χ0) is 13.2. The van der Waals surface area contributed by atoms with Crippen molar-refractivity contribution >= 4 is 17.7 Å². The van der Waals surface area contributed by atoms with Crippen molar-refractivity contribution in [2.24, 2.45) is 4.99 Å². The number of aliphatic imine (C=N–C) groups is 1. The quantitative estimate of drug-likeness (QED) is 0.740. The van der Waals surface area contributed by atoms with E-state index in [1.165, 1.54) is 0 Å². The number of para-hydroxylation sites is 1. The topological polar surface area (TPSA) is 62.7 Å². The first-order valence-corrected chi connectivity index (χ1v) is 5.83. The third-order valence-corrected chi connectivity index (χ3v) is 2.30. The summed E-state index contributed by atoms with van der Waals surface area (Å²) in [5, 5.41) is 5.65. The highest BCUT2D eigenvalue weighted by Gasteiger charge is 2.19. The fourth-order valence-corrected chi connectivity index (χ4v) is 1.58. The minimum absolute atomic E-state index is 0.419. The van der Waals surface area contributed by atoms with Gasteiger partial charge < -0.3 is 10.1 Å². The first kappa shape index (κ1) is 12.4. The second-order valence-electron chi connectivity index (χ2n) is 5.07. The second-order valence-corrected chi connectivity index (χ2v) is 5.07. The number of nitrogens with one attached hydrogen (secondary N) is 2. The summed E-state index contributed by atoms with van der Waals surface area (Å²) in [7, 11) is 0. The summed E-state index contributed by atoms with van der Waals surface area (Å²) in [5.41, 5.74) is 1.54. The molecule has 1 aromatic carbocycles. The van der Waals surface area contributed by atoms with Gasteiger partial charge in [0, 0.05) is 5.69 Å². The van der Waals surface area contributed by atoms with Crippen molar-refractivity contribution < 1.29 is 9.53 Å². The van der Waals surface area contributed by atoms with Gasteiger partial charge in [-0.15, -0.1) is 0 Å². The highest BCUT2D eigenvalue weighted by atomic mass is 16.6. The number of hydrogen-bond acceptors (Lipinski definition) is 4. The van der Waals surface area contributed by atoms with Crippen molar-refractivity contribution in [2.45, 2.75) is 32.9 Å². The van der Waals surface area contributed by atoms with Crippen molar-refractivity contribution in [3.63, 3.8) is 0 Å². The number of anilines is 1. The molecule has 0 aromatic heterocycles. The summed E-state index contributed by atoms with van der Waals surface area (Å²) in [5.74, 6) is 0.419. The number of ether oxygens (including phenoxy) is 1. The molecule has 5 heteroatoms. The Bertz CT molecular complexity index is 489.